The zero-order valence-electron chi connectivity index (χ0n) is 32.0. The smallest absolute Gasteiger partial charge is 0.0536 e. The molecule has 0 aromatic heterocycles. The molecule has 0 saturated heterocycles. The van der Waals surface area contributed by atoms with Gasteiger partial charge in [0.25, 0.3) is 0 Å². The van der Waals surface area contributed by atoms with Crippen LogP contribution in [0.25, 0.3) is 0 Å². The molecule has 0 saturated carbocycles. The summed E-state index contributed by atoms with van der Waals surface area (Å²) >= 11 is 0. The molecule has 49 heavy (non-hydrogen) atoms. The molecule has 0 heterocycles. The van der Waals surface area contributed by atoms with Gasteiger partial charge in [-0.2, -0.15) is 0 Å². The Kier molecular flexibility index (Phi) is 16.3. The topological polar surface area (TPSA) is 0 Å². The molecule has 4 radical (unpaired) electrons. The molecule has 4 aromatic rings. The molecule has 4 unspecified atom stereocenters. The molecule has 0 aliphatic rings. The maximum absolute atomic E-state index is 2.57. The van der Waals surface area contributed by atoms with E-state index in [1.807, 2.05) is 0 Å². The zero-order valence-corrected chi connectivity index (χ0v) is 37.0. The highest BCUT2D eigenvalue weighted by molar-refractivity contribution is 6.80. The van der Waals surface area contributed by atoms with Gasteiger partial charge >= 0.3 is 0 Å². The van der Waals surface area contributed by atoms with Crippen LogP contribution in [0, 0.1) is 0 Å². The Balaban J connectivity index is 1.74. The lowest BCUT2D eigenvalue weighted by Crippen LogP contribution is -2.38. The Bertz CT molecular complexity index is 1210. The molecular formula is C44H64Si5. The second-order valence-corrected chi connectivity index (χ2v) is 32.2. The molecule has 0 bridgehead atoms. The van der Waals surface area contributed by atoms with Gasteiger partial charge in [-0.1, -0.05) is 224 Å². The quantitative estimate of drug-likeness (QED) is 0.0794. The number of benzene rings is 4. The van der Waals surface area contributed by atoms with E-state index >= 15 is 0 Å². The molecular weight excluding hydrogens is 669 g/mol. The highest BCUT2D eigenvalue weighted by Crippen LogP contribution is 2.42. The van der Waals surface area contributed by atoms with Crippen LogP contribution in [0.3, 0.4) is 0 Å². The largest absolute Gasteiger partial charge is 0.0708 e. The maximum atomic E-state index is 2.57. The van der Waals surface area contributed by atoms with Crippen LogP contribution in [0.15, 0.2) is 121 Å². The lowest BCUT2D eigenvalue weighted by atomic mass is 10.1. The minimum absolute atomic E-state index is 0.470. The van der Waals surface area contributed by atoms with E-state index in [9.17, 15) is 0 Å². The first-order valence-corrected chi connectivity index (χ1v) is 32.1. The molecule has 0 spiro atoms. The van der Waals surface area contributed by atoms with Crippen LogP contribution >= 0.6 is 0 Å². The Morgan fingerprint density at radius 1 is 0.327 bits per heavy atom. The Hall–Kier alpha value is -2.04. The van der Waals surface area contributed by atoms with Crippen molar-refractivity contribution in [2.45, 2.75) is 124 Å². The summed E-state index contributed by atoms with van der Waals surface area (Å²) in [6.07, 6.45) is 5.56. The average Bonchev–Trinajstić information content (AvgIpc) is 3.10. The van der Waals surface area contributed by atoms with Crippen LogP contribution in [0.5, 0.6) is 0 Å². The van der Waals surface area contributed by atoms with Gasteiger partial charge in [0.2, 0.25) is 0 Å². The van der Waals surface area contributed by atoms with Crippen molar-refractivity contribution in [1.29, 1.82) is 0 Å². The van der Waals surface area contributed by atoms with E-state index in [0.29, 0.717) is 0 Å². The first-order chi connectivity index (χ1) is 23.6. The van der Waals surface area contributed by atoms with Gasteiger partial charge in [0.05, 0.1) is 8.07 Å². The average molecular weight is 733 g/mol. The van der Waals surface area contributed by atoms with Crippen molar-refractivity contribution in [2.24, 2.45) is 0 Å². The van der Waals surface area contributed by atoms with Crippen LogP contribution in [-0.4, -0.2) is 43.3 Å². The second kappa shape index (κ2) is 20.1. The van der Waals surface area contributed by atoms with E-state index in [2.05, 4.69) is 174 Å². The van der Waals surface area contributed by atoms with Crippen LogP contribution in [-0.2, 0) is 0 Å². The number of rotatable bonds is 20. The van der Waals surface area contributed by atoms with E-state index < -0.39 is 43.3 Å². The van der Waals surface area contributed by atoms with Crippen molar-refractivity contribution >= 4 is 43.3 Å². The second-order valence-electron chi connectivity index (χ2n) is 15.8. The minimum atomic E-state index is -1.70. The number of hydrogen-bond acceptors (Lipinski definition) is 0. The van der Waals surface area contributed by atoms with E-state index in [-0.39, 0.29) is 0 Å². The molecule has 0 fully saturated rings. The highest BCUT2D eigenvalue weighted by atomic mass is 28.3. The monoisotopic (exact) mass is 732 g/mol. The van der Waals surface area contributed by atoms with Gasteiger partial charge in [-0.25, -0.2) is 0 Å². The molecule has 0 nitrogen and oxygen atoms in total. The molecule has 0 N–H and O–H groups in total. The van der Waals surface area contributed by atoms with Gasteiger partial charge in [-0.15, -0.1) is 0 Å². The SMILES string of the molecule is C[Si](C)C(CC[Si](CCC(c1ccccc1)[Si](C)C)(CCC(c1ccccc1)[Si](C)C)CCC(c1ccccc1)[Si](C)C)c1ccccc1. The lowest BCUT2D eigenvalue weighted by molar-refractivity contribution is 0.747. The van der Waals surface area contributed by atoms with Crippen molar-refractivity contribution in [3.8, 4) is 0 Å². The molecule has 260 valence electrons. The summed E-state index contributed by atoms with van der Waals surface area (Å²) in [5.74, 6) is 0. The van der Waals surface area contributed by atoms with E-state index in [1.54, 1.807) is 22.3 Å². The molecule has 5 heteroatoms. The summed E-state index contributed by atoms with van der Waals surface area (Å²) < 4.78 is 0. The van der Waals surface area contributed by atoms with Gasteiger partial charge in [0.1, 0.15) is 0 Å². The summed E-state index contributed by atoms with van der Waals surface area (Å²) in [6.45, 7) is 20.6. The van der Waals surface area contributed by atoms with Crippen molar-refractivity contribution in [1.82, 2.24) is 0 Å². The van der Waals surface area contributed by atoms with Crippen LogP contribution in [0.1, 0.15) is 70.1 Å². The van der Waals surface area contributed by atoms with Gasteiger partial charge in [0, 0.05) is 35.2 Å². The summed E-state index contributed by atoms with van der Waals surface area (Å²) in [5.41, 5.74) is 9.36. The summed E-state index contributed by atoms with van der Waals surface area (Å²) in [4.78, 5) is 0. The van der Waals surface area contributed by atoms with Gasteiger partial charge in [-0.05, 0) is 44.4 Å². The fourth-order valence-electron chi connectivity index (χ4n) is 8.45. The molecule has 4 rings (SSSR count). The third-order valence-electron chi connectivity index (χ3n) is 11.4. The normalized spacial score (nSPS) is 15.8. The maximum Gasteiger partial charge on any atom is 0.0536 e. The van der Waals surface area contributed by atoms with Crippen molar-refractivity contribution in [3.05, 3.63) is 144 Å². The van der Waals surface area contributed by atoms with E-state index in [4.69, 9.17) is 0 Å². The Morgan fingerprint density at radius 3 is 0.673 bits per heavy atom. The van der Waals surface area contributed by atoms with Crippen molar-refractivity contribution in [3.63, 3.8) is 0 Å². The number of hydrogen-bond donors (Lipinski definition) is 0. The third-order valence-corrected chi connectivity index (χ3v) is 24.9. The minimum Gasteiger partial charge on any atom is -0.0708 e. The molecule has 0 aliphatic carbocycles. The predicted octanol–water partition coefficient (Wildman–Crippen LogP) is 13.3. The van der Waals surface area contributed by atoms with Gasteiger partial charge < -0.3 is 0 Å². The molecule has 4 aromatic carbocycles. The zero-order chi connectivity index (χ0) is 35.2. The Morgan fingerprint density at radius 2 is 0.510 bits per heavy atom. The van der Waals surface area contributed by atoms with Crippen LogP contribution < -0.4 is 0 Å². The third kappa shape index (κ3) is 12.0. The fourth-order valence-corrected chi connectivity index (χ4v) is 21.0. The molecule has 0 aliphatic heterocycles. The lowest BCUT2D eigenvalue weighted by Gasteiger charge is -2.39. The van der Waals surface area contributed by atoms with E-state index in [1.165, 1.54) is 49.9 Å². The summed E-state index contributed by atoms with van der Waals surface area (Å²) in [5, 5.41) is 0. The summed E-state index contributed by atoms with van der Waals surface area (Å²) in [7, 11) is -3.58. The fraction of sp³-hybridized carbons (Fsp3) is 0.455. The van der Waals surface area contributed by atoms with Gasteiger partial charge in [-0.3, -0.25) is 0 Å². The summed E-state index contributed by atoms with van der Waals surface area (Å²) in [6, 6.07) is 52.5. The first kappa shape index (κ1) is 39.7. The molecule has 0 amide bonds. The predicted molar refractivity (Wildman–Crippen MR) is 230 cm³/mol. The Labute approximate surface area is 309 Å². The van der Waals surface area contributed by atoms with Gasteiger partial charge in [0.15, 0.2) is 0 Å². The van der Waals surface area contributed by atoms with Crippen molar-refractivity contribution < 1.29 is 0 Å². The van der Waals surface area contributed by atoms with E-state index in [0.717, 1.165) is 22.2 Å². The molecule has 4 atom stereocenters. The van der Waals surface area contributed by atoms with Crippen LogP contribution in [0.4, 0.5) is 0 Å². The van der Waals surface area contributed by atoms with Crippen LogP contribution in [0.2, 0.25) is 76.6 Å². The highest BCUT2D eigenvalue weighted by Gasteiger charge is 2.37. The standard InChI is InChI=1S/C44H64Si5/c1-45(2)41(37-21-13-9-14-22-37)29-33-49(34-30-42(46(3)4)38-23-15-10-16-24-38,35-31-43(47(5)6)39-25-17-11-18-26-39)36-32-44(48(7)8)40-27-19-12-20-28-40/h9-28,41-44H,29-36H2,1-8H3. The first-order valence-electron chi connectivity index (χ1n) is 19.0. The van der Waals surface area contributed by atoms with Crippen molar-refractivity contribution in [2.75, 3.05) is 0 Å².